The Labute approximate surface area is 194 Å². The molecule has 1 amide bonds. The first-order chi connectivity index (χ1) is 15.2. The van der Waals surface area contributed by atoms with E-state index in [1.807, 2.05) is 0 Å². The van der Waals surface area contributed by atoms with E-state index in [0.29, 0.717) is 21.8 Å². The SMILES string of the molecule is Cc1ccc(N2C[C@@H](C(=O)O[C@@H](CCCl)C(=O)c3ccc(Cl)cc3)CC2=O)cc1[N+](=O)[O-]. The maximum atomic E-state index is 12.8. The number of alkyl halides is 1. The zero-order valence-corrected chi connectivity index (χ0v) is 18.6. The van der Waals surface area contributed by atoms with Gasteiger partial charge in [-0.1, -0.05) is 17.7 Å². The molecule has 0 N–H and O–H groups in total. The molecule has 10 heteroatoms. The lowest BCUT2D eigenvalue weighted by Crippen LogP contribution is -2.32. The van der Waals surface area contributed by atoms with Gasteiger partial charge in [-0.2, -0.15) is 0 Å². The van der Waals surface area contributed by atoms with Crippen LogP contribution in [0.25, 0.3) is 0 Å². The summed E-state index contributed by atoms with van der Waals surface area (Å²) >= 11 is 11.6. The number of aryl methyl sites for hydroxylation is 1. The molecule has 0 bridgehead atoms. The number of hydrogen-bond acceptors (Lipinski definition) is 6. The maximum absolute atomic E-state index is 12.8. The minimum absolute atomic E-state index is 0.000607. The van der Waals surface area contributed by atoms with Crippen LogP contribution in [0.4, 0.5) is 11.4 Å². The van der Waals surface area contributed by atoms with Gasteiger partial charge in [0.25, 0.3) is 5.69 Å². The van der Waals surface area contributed by atoms with Crippen LogP contribution in [-0.2, 0) is 14.3 Å². The molecule has 3 rings (SSSR count). The lowest BCUT2D eigenvalue weighted by atomic mass is 10.0. The highest BCUT2D eigenvalue weighted by atomic mass is 35.5. The van der Waals surface area contributed by atoms with Crippen molar-refractivity contribution in [2.45, 2.75) is 25.9 Å². The van der Waals surface area contributed by atoms with E-state index < -0.39 is 28.7 Å². The van der Waals surface area contributed by atoms with Gasteiger partial charge in [0, 0.05) is 47.5 Å². The highest BCUT2D eigenvalue weighted by molar-refractivity contribution is 6.30. The molecule has 8 nitrogen and oxygen atoms in total. The van der Waals surface area contributed by atoms with Crippen LogP contribution < -0.4 is 4.90 Å². The maximum Gasteiger partial charge on any atom is 0.312 e. The first kappa shape index (κ1) is 23.7. The topological polar surface area (TPSA) is 107 Å². The summed E-state index contributed by atoms with van der Waals surface area (Å²) < 4.78 is 5.44. The van der Waals surface area contributed by atoms with Crippen molar-refractivity contribution in [2.24, 2.45) is 5.92 Å². The molecule has 0 unspecified atom stereocenters. The minimum Gasteiger partial charge on any atom is -0.454 e. The molecule has 168 valence electrons. The molecule has 32 heavy (non-hydrogen) atoms. The van der Waals surface area contributed by atoms with Crippen LogP contribution in [0, 0.1) is 23.0 Å². The summed E-state index contributed by atoms with van der Waals surface area (Å²) in [7, 11) is 0. The standard InChI is InChI=1S/C22H20Cl2N2O6/c1-13-2-7-17(11-18(13)26(30)31)25-12-15(10-20(25)27)22(29)32-19(8-9-23)21(28)14-3-5-16(24)6-4-14/h2-7,11,15,19H,8-10,12H2,1H3/t15-,19-/m0/s1. The molecule has 0 aromatic heterocycles. The number of benzene rings is 2. The number of Topliss-reactive ketones (excluding diaryl/α,β-unsaturated/α-hetero) is 1. The summed E-state index contributed by atoms with van der Waals surface area (Å²) in [6.07, 6.45) is -1.10. The fraction of sp³-hybridized carbons (Fsp3) is 0.318. The third-order valence-corrected chi connectivity index (χ3v) is 5.68. The average molecular weight is 479 g/mol. The van der Waals surface area contributed by atoms with Gasteiger partial charge in [-0.3, -0.25) is 24.5 Å². The normalized spacial score (nSPS) is 16.7. The van der Waals surface area contributed by atoms with Crippen LogP contribution >= 0.6 is 23.2 Å². The van der Waals surface area contributed by atoms with Crippen molar-refractivity contribution in [2.75, 3.05) is 17.3 Å². The highest BCUT2D eigenvalue weighted by Gasteiger charge is 2.38. The van der Waals surface area contributed by atoms with Crippen molar-refractivity contribution in [1.29, 1.82) is 0 Å². The van der Waals surface area contributed by atoms with E-state index in [2.05, 4.69) is 0 Å². The number of amides is 1. The summed E-state index contributed by atoms with van der Waals surface area (Å²) in [6, 6.07) is 10.6. The Morgan fingerprint density at radius 2 is 1.94 bits per heavy atom. The Morgan fingerprint density at radius 3 is 2.56 bits per heavy atom. The number of ether oxygens (including phenoxy) is 1. The molecule has 0 aliphatic carbocycles. The van der Waals surface area contributed by atoms with Crippen LogP contribution in [0.3, 0.4) is 0 Å². The predicted octanol–water partition coefficient (Wildman–Crippen LogP) is 4.33. The molecule has 1 heterocycles. The number of carbonyl (C=O) groups excluding carboxylic acids is 3. The van der Waals surface area contributed by atoms with Gasteiger partial charge in [-0.05, 0) is 37.3 Å². The smallest absolute Gasteiger partial charge is 0.312 e. The Hall–Kier alpha value is -2.97. The summed E-state index contributed by atoms with van der Waals surface area (Å²) in [5.41, 5.74) is 1.01. The molecule has 2 aromatic rings. The fourth-order valence-corrected chi connectivity index (χ4v) is 3.78. The number of nitro benzene ring substituents is 1. The van der Waals surface area contributed by atoms with Crippen molar-refractivity contribution in [3.8, 4) is 0 Å². The van der Waals surface area contributed by atoms with E-state index in [4.69, 9.17) is 27.9 Å². The number of nitro groups is 1. The molecule has 0 saturated carbocycles. The number of nitrogens with zero attached hydrogens (tertiary/aromatic N) is 2. The van der Waals surface area contributed by atoms with E-state index >= 15 is 0 Å². The Morgan fingerprint density at radius 1 is 1.25 bits per heavy atom. The lowest BCUT2D eigenvalue weighted by molar-refractivity contribution is -0.385. The Bertz CT molecular complexity index is 1060. The van der Waals surface area contributed by atoms with Crippen LogP contribution in [0.2, 0.25) is 5.02 Å². The van der Waals surface area contributed by atoms with Crippen molar-refractivity contribution in [3.05, 3.63) is 68.7 Å². The van der Waals surface area contributed by atoms with Crippen molar-refractivity contribution >= 4 is 52.2 Å². The van der Waals surface area contributed by atoms with Crippen LogP contribution in [-0.4, -0.2) is 41.1 Å². The van der Waals surface area contributed by atoms with E-state index in [1.54, 1.807) is 31.2 Å². The molecule has 1 saturated heterocycles. The largest absolute Gasteiger partial charge is 0.454 e. The van der Waals surface area contributed by atoms with Gasteiger partial charge < -0.3 is 9.64 Å². The van der Waals surface area contributed by atoms with Gasteiger partial charge in [-0.15, -0.1) is 11.6 Å². The van der Waals surface area contributed by atoms with Gasteiger partial charge in [-0.25, -0.2) is 0 Å². The average Bonchev–Trinajstić information content (AvgIpc) is 3.15. The van der Waals surface area contributed by atoms with Gasteiger partial charge in [0.1, 0.15) is 0 Å². The van der Waals surface area contributed by atoms with Crippen LogP contribution in [0.5, 0.6) is 0 Å². The monoisotopic (exact) mass is 478 g/mol. The van der Waals surface area contributed by atoms with E-state index in [9.17, 15) is 24.5 Å². The second kappa shape index (κ2) is 10.1. The Kier molecular flexibility index (Phi) is 7.48. The number of hydrogen-bond donors (Lipinski definition) is 0. The van der Waals surface area contributed by atoms with Crippen molar-refractivity contribution in [3.63, 3.8) is 0 Å². The first-order valence-electron chi connectivity index (χ1n) is 9.83. The Balaban J connectivity index is 1.72. The molecule has 2 atom stereocenters. The third-order valence-electron chi connectivity index (χ3n) is 5.21. The highest BCUT2D eigenvalue weighted by Crippen LogP contribution is 2.30. The van der Waals surface area contributed by atoms with Crippen LogP contribution in [0.15, 0.2) is 42.5 Å². The predicted molar refractivity (Wildman–Crippen MR) is 119 cm³/mol. The molecule has 0 spiro atoms. The number of halogens is 2. The number of carbonyl (C=O) groups is 3. The summed E-state index contributed by atoms with van der Waals surface area (Å²) in [5, 5.41) is 11.7. The van der Waals surface area contributed by atoms with Gasteiger partial charge in [0.15, 0.2) is 6.10 Å². The summed E-state index contributed by atoms with van der Waals surface area (Å²) in [4.78, 5) is 50.0. The summed E-state index contributed by atoms with van der Waals surface area (Å²) in [6.45, 7) is 1.60. The number of esters is 1. The second-order valence-electron chi connectivity index (χ2n) is 7.41. The van der Waals surface area contributed by atoms with E-state index in [-0.39, 0.29) is 36.9 Å². The molecule has 0 radical (unpaired) electrons. The van der Waals surface area contributed by atoms with Gasteiger partial charge >= 0.3 is 5.97 Å². The zero-order chi connectivity index (χ0) is 23.4. The molecule has 2 aromatic carbocycles. The van der Waals surface area contributed by atoms with Crippen LogP contribution in [0.1, 0.15) is 28.8 Å². The number of ketones is 1. The molecule has 1 aliphatic rings. The van der Waals surface area contributed by atoms with E-state index in [0.717, 1.165) is 0 Å². The van der Waals surface area contributed by atoms with Crippen molar-refractivity contribution in [1.82, 2.24) is 0 Å². The second-order valence-corrected chi connectivity index (χ2v) is 8.22. The number of rotatable bonds is 8. The lowest BCUT2D eigenvalue weighted by Gasteiger charge is -2.19. The zero-order valence-electron chi connectivity index (χ0n) is 17.1. The van der Waals surface area contributed by atoms with E-state index in [1.165, 1.54) is 23.1 Å². The molecular formula is C22H20Cl2N2O6. The first-order valence-corrected chi connectivity index (χ1v) is 10.7. The van der Waals surface area contributed by atoms with Crippen molar-refractivity contribution < 1.29 is 24.0 Å². The third kappa shape index (κ3) is 5.26. The minimum atomic E-state index is -1.09. The summed E-state index contributed by atoms with van der Waals surface area (Å²) in [5.74, 6) is -2.17. The number of anilines is 1. The van der Waals surface area contributed by atoms with Gasteiger partial charge in [0.05, 0.1) is 16.5 Å². The fourth-order valence-electron chi connectivity index (χ4n) is 3.46. The van der Waals surface area contributed by atoms with Gasteiger partial charge in [0.2, 0.25) is 11.7 Å². The molecule has 1 aliphatic heterocycles. The molecular weight excluding hydrogens is 459 g/mol. The quantitative estimate of drug-likeness (QED) is 0.183. The molecule has 1 fully saturated rings.